The van der Waals surface area contributed by atoms with Crippen molar-refractivity contribution in [2.45, 2.75) is 64.8 Å². The average molecular weight is 185 g/mol. The lowest BCUT2D eigenvalue weighted by atomic mass is 9.95. The van der Waals surface area contributed by atoms with Crippen molar-refractivity contribution < 1.29 is 0 Å². The van der Waals surface area contributed by atoms with E-state index in [0.29, 0.717) is 5.54 Å². The average Bonchev–Trinajstić information content (AvgIpc) is 2.03. The summed E-state index contributed by atoms with van der Waals surface area (Å²) in [7, 11) is 4.35. The van der Waals surface area contributed by atoms with Crippen LogP contribution in [0.2, 0.25) is 0 Å². The van der Waals surface area contributed by atoms with Crippen molar-refractivity contribution >= 4 is 0 Å². The number of hydrogen-bond acceptors (Lipinski definition) is 1. The predicted octanol–water partition coefficient (Wildman–Crippen LogP) is 3.69. The molecule has 0 amide bonds. The highest BCUT2D eigenvalue weighted by Gasteiger charge is 2.18. The van der Waals surface area contributed by atoms with Gasteiger partial charge < -0.3 is 4.90 Å². The van der Waals surface area contributed by atoms with E-state index in [0.717, 1.165) is 0 Å². The Labute approximate surface area is 84.5 Å². The zero-order chi connectivity index (χ0) is 10.3. The number of nitrogens with zero attached hydrogens (tertiary/aromatic N) is 1. The van der Waals surface area contributed by atoms with Crippen LogP contribution in [-0.2, 0) is 0 Å². The summed E-state index contributed by atoms with van der Waals surface area (Å²) in [4.78, 5) is 2.33. The summed E-state index contributed by atoms with van der Waals surface area (Å²) in [6.07, 6.45) is 8.28. The lowest BCUT2D eigenvalue weighted by Gasteiger charge is -2.32. The van der Waals surface area contributed by atoms with Gasteiger partial charge in [0.15, 0.2) is 0 Å². The highest BCUT2D eigenvalue weighted by Crippen LogP contribution is 2.19. The van der Waals surface area contributed by atoms with Crippen LogP contribution >= 0.6 is 0 Å². The SMILES string of the molecule is CCCCCCCC(C)(C)N(C)C. The van der Waals surface area contributed by atoms with Gasteiger partial charge in [0.1, 0.15) is 0 Å². The first kappa shape index (κ1) is 13.0. The van der Waals surface area contributed by atoms with E-state index in [1.54, 1.807) is 0 Å². The fraction of sp³-hybridized carbons (Fsp3) is 1.00. The van der Waals surface area contributed by atoms with Gasteiger partial charge in [-0.25, -0.2) is 0 Å². The third kappa shape index (κ3) is 6.09. The molecule has 0 aromatic rings. The van der Waals surface area contributed by atoms with Crippen LogP contribution in [0.15, 0.2) is 0 Å². The Hall–Kier alpha value is -0.0400. The Morgan fingerprint density at radius 3 is 1.92 bits per heavy atom. The quantitative estimate of drug-likeness (QED) is 0.547. The molecule has 0 aromatic carbocycles. The molecule has 0 unspecified atom stereocenters. The van der Waals surface area contributed by atoms with E-state index in [4.69, 9.17) is 0 Å². The molecule has 0 bridgehead atoms. The van der Waals surface area contributed by atoms with Crippen molar-refractivity contribution in [3.05, 3.63) is 0 Å². The second-order valence-corrected chi connectivity index (χ2v) is 4.87. The van der Waals surface area contributed by atoms with E-state index < -0.39 is 0 Å². The summed E-state index contributed by atoms with van der Waals surface area (Å²) in [5.41, 5.74) is 0.381. The van der Waals surface area contributed by atoms with Gasteiger partial charge >= 0.3 is 0 Å². The van der Waals surface area contributed by atoms with Gasteiger partial charge in [0.2, 0.25) is 0 Å². The highest BCUT2D eigenvalue weighted by atomic mass is 15.1. The molecule has 0 atom stereocenters. The summed E-state index contributed by atoms with van der Waals surface area (Å²) in [5.74, 6) is 0. The van der Waals surface area contributed by atoms with Crippen molar-refractivity contribution in [2.24, 2.45) is 0 Å². The van der Waals surface area contributed by atoms with E-state index in [1.165, 1.54) is 38.5 Å². The van der Waals surface area contributed by atoms with Crippen molar-refractivity contribution in [3.8, 4) is 0 Å². The predicted molar refractivity (Wildman–Crippen MR) is 61.1 cm³/mol. The van der Waals surface area contributed by atoms with Gasteiger partial charge in [-0.3, -0.25) is 0 Å². The van der Waals surface area contributed by atoms with E-state index in [2.05, 4.69) is 39.8 Å². The Balaban J connectivity index is 3.41. The normalized spacial score (nSPS) is 12.5. The van der Waals surface area contributed by atoms with Crippen LogP contribution in [0.4, 0.5) is 0 Å². The van der Waals surface area contributed by atoms with Crippen molar-refractivity contribution in [2.75, 3.05) is 14.1 Å². The lowest BCUT2D eigenvalue weighted by Crippen LogP contribution is -2.37. The summed E-state index contributed by atoms with van der Waals surface area (Å²) >= 11 is 0. The summed E-state index contributed by atoms with van der Waals surface area (Å²) in [6, 6.07) is 0. The maximum absolute atomic E-state index is 2.33. The molecule has 0 heterocycles. The largest absolute Gasteiger partial charge is 0.304 e. The van der Waals surface area contributed by atoms with Crippen LogP contribution in [-0.4, -0.2) is 24.5 Å². The van der Waals surface area contributed by atoms with Crippen LogP contribution in [0.5, 0.6) is 0 Å². The first-order valence-corrected chi connectivity index (χ1v) is 5.68. The number of rotatable bonds is 7. The zero-order valence-corrected chi connectivity index (χ0v) is 10.2. The van der Waals surface area contributed by atoms with Crippen LogP contribution in [0.25, 0.3) is 0 Å². The van der Waals surface area contributed by atoms with E-state index >= 15 is 0 Å². The second kappa shape index (κ2) is 6.42. The molecule has 0 aliphatic carbocycles. The molecule has 13 heavy (non-hydrogen) atoms. The van der Waals surface area contributed by atoms with Gasteiger partial charge in [-0.05, 0) is 34.4 Å². The molecule has 1 nitrogen and oxygen atoms in total. The smallest absolute Gasteiger partial charge is 0.0147 e. The van der Waals surface area contributed by atoms with E-state index in [-0.39, 0.29) is 0 Å². The molecule has 0 spiro atoms. The van der Waals surface area contributed by atoms with Gasteiger partial charge in [0.25, 0.3) is 0 Å². The minimum absolute atomic E-state index is 0.381. The van der Waals surface area contributed by atoms with Crippen LogP contribution in [0.3, 0.4) is 0 Å². The Bertz CT molecular complexity index is 116. The number of unbranched alkanes of at least 4 members (excludes halogenated alkanes) is 4. The van der Waals surface area contributed by atoms with Crippen molar-refractivity contribution in [3.63, 3.8) is 0 Å². The monoisotopic (exact) mass is 185 g/mol. The zero-order valence-electron chi connectivity index (χ0n) is 10.2. The second-order valence-electron chi connectivity index (χ2n) is 4.87. The Morgan fingerprint density at radius 2 is 1.46 bits per heavy atom. The maximum Gasteiger partial charge on any atom is 0.0147 e. The molecule has 0 aromatic heterocycles. The molecule has 0 saturated heterocycles. The van der Waals surface area contributed by atoms with Gasteiger partial charge in [0, 0.05) is 5.54 Å². The van der Waals surface area contributed by atoms with E-state index in [9.17, 15) is 0 Å². The van der Waals surface area contributed by atoms with Gasteiger partial charge in [-0.15, -0.1) is 0 Å². The molecule has 0 rings (SSSR count). The molecule has 0 N–H and O–H groups in total. The fourth-order valence-corrected chi connectivity index (χ4v) is 1.38. The molecule has 1 heteroatoms. The van der Waals surface area contributed by atoms with Gasteiger partial charge in [-0.1, -0.05) is 39.0 Å². The molecule has 80 valence electrons. The Morgan fingerprint density at radius 1 is 0.923 bits per heavy atom. The van der Waals surface area contributed by atoms with Gasteiger partial charge in [0.05, 0.1) is 0 Å². The first-order valence-electron chi connectivity index (χ1n) is 5.68. The molecular weight excluding hydrogens is 158 g/mol. The minimum Gasteiger partial charge on any atom is -0.304 e. The number of hydrogen-bond donors (Lipinski definition) is 0. The fourth-order valence-electron chi connectivity index (χ4n) is 1.38. The lowest BCUT2D eigenvalue weighted by molar-refractivity contribution is 0.177. The third-order valence-corrected chi connectivity index (χ3v) is 3.10. The third-order valence-electron chi connectivity index (χ3n) is 3.10. The molecular formula is C12H27N. The molecule has 0 radical (unpaired) electrons. The first-order chi connectivity index (χ1) is 6.00. The summed E-state index contributed by atoms with van der Waals surface area (Å²) in [5, 5.41) is 0. The van der Waals surface area contributed by atoms with Crippen LogP contribution < -0.4 is 0 Å². The summed E-state index contributed by atoms with van der Waals surface area (Å²) < 4.78 is 0. The van der Waals surface area contributed by atoms with Crippen molar-refractivity contribution in [1.29, 1.82) is 0 Å². The van der Waals surface area contributed by atoms with Gasteiger partial charge in [-0.2, -0.15) is 0 Å². The molecule has 0 aliphatic rings. The van der Waals surface area contributed by atoms with Crippen LogP contribution in [0, 0.1) is 0 Å². The van der Waals surface area contributed by atoms with E-state index in [1.807, 2.05) is 0 Å². The maximum atomic E-state index is 2.33. The Kier molecular flexibility index (Phi) is 6.40. The standard InChI is InChI=1S/C12H27N/c1-6-7-8-9-10-11-12(2,3)13(4)5/h6-11H2,1-5H3. The topological polar surface area (TPSA) is 3.24 Å². The highest BCUT2D eigenvalue weighted by molar-refractivity contribution is 4.76. The minimum atomic E-state index is 0.381. The van der Waals surface area contributed by atoms with Crippen LogP contribution in [0.1, 0.15) is 59.3 Å². The molecule has 0 fully saturated rings. The molecule has 0 saturated carbocycles. The summed E-state index contributed by atoms with van der Waals surface area (Å²) in [6.45, 7) is 6.92. The van der Waals surface area contributed by atoms with Crippen molar-refractivity contribution in [1.82, 2.24) is 4.90 Å². The molecule has 0 aliphatic heterocycles.